The molecule has 0 spiro atoms. The maximum Gasteiger partial charge on any atom is 0.276 e. The van der Waals surface area contributed by atoms with Gasteiger partial charge in [0.2, 0.25) is 0 Å². The second kappa shape index (κ2) is 12.3. The fraction of sp³-hybridized carbons (Fsp3) is 0.441. The smallest absolute Gasteiger partial charge is 0.276 e. The minimum Gasteiger partial charge on any atom is -0.394 e. The number of pyridine rings is 2. The minimum absolute atomic E-state index is 0.00678. The van der Waals surface area contributed by atoms with Gasteiger partial charge < -0.3 is 25.2 Å². The molecule has 12 nitrogen and oxygen atoms in total. The molecule has 0 radical (unpaired) electrons. The van der Waals surface area contributed by atoms with Crippen LogP contribution in [0, 0.1) is 0 Å². The molecular formula is C34H41N9O3. The number of piperidine rings is 3. The van der Waals surface area contributed by atoms with Crippen molar-refractivity contribution in [1.29, 1.82) is 0 Å². The highest BCUT2D eigenvalue weighted by Crippen LogP contribution is 2.42. The normalized spacial score (nSPS) is 20.0. The zero-order valence-corrected chi connectivity index (χ0v) is 26.6. The molecular weight excluding hydrogens is 582 g/mol. The Labute approximate surface area is 267 Å². The van der Waals surface area contributed by atoms with Gasteiger partial charge in [0, 0.05) is 30.3 Å². The molecule has 2 bridgehead atoms. The maximum atomic E-state index is 13.2. The first-order valence-electron chi connectivity index (χ1n) is 16.3. The third kappa shape index (κ3) is 5.45. The van der Waals surface area contributed by atoms with Crippen molar-refractivity contribution in [3.8, 4) is 11.5 Å². The van der Waals surface area contributed by atoms with Crippen LogP contribution in [-0.4, -0.2) is 65.7 Å². The van der Waals surface area contributed by atoms with Crippen molar-refractivity contribution in [2.45, 2.75) is 70.5 Å². The molecule has 12 heteroatoms. The number of nitrogens with one attached hydrogen (secondary N) is 2. The van der Waals surface area contributed by atoms with Gasteiger partial charge in [-0.2, -0.15) is 4.98 Å². The number of aliphatic hydroxyl groups is 1. The van der Waals surface area contributed by atoms with Crippen LogP contribution in [0.4, 0.5) is 17.3 Å². The molecule has 0 aliphatic carbocycles. The highest BCUT2D eigenvalue weighted by Gasteiger charge is 2.44. The highest BCUT2D eigenvalue weighted by atomic mass is 16.5. The van der Waals surface area contributed by atoms with Crippen molar-refractivity contribution in [1.82, 2.24) is 34.4 Å². The summed E-state index contributed by atoms with van der Waals surface area (Å²) in [6, 6.07) is 14.9. The first-order valence-corrected chi connectivity index (χ1v) is 16.3. The summed E-state index contributed by atoms with van der Waals surface area (Å²) in [5, 5.41) is 22.3. The number of aromatic nitrogens is 6. The van der Waals surface area contributed by atoms with Crippen molar-refractivity contribution in [2.24, 2.45) is 0 Å². The van der Waals surface area contributed by atoms with Crippen molar-refractivity contribution < 1.29 is 9.63 Å². The van der Waals surface area contributed by atoms with Gasteiger partial charge in [-0.3, -0.25) is 9.48 Å². The van der Waals surface area contributed by atoms with Crippen LogP contribution in [0.5, 0.6) is 0 Å². The number of rotatable bonds is 11. The van der Waals surface area contributed by atoms with Gasteiger partial charge in [-0.25, -0.2) is 14.6 Å². The van der Waals surface area contributed by atoms with E-state index in [1.54, 1.807) is 16.9 Å². The van der Waals surface area contributed by atoms with Gasteiger partial charge in [-0.05, 0) is 76.9 Å². The van der Waals surface area contributed by atoms with Gasteiger partial charge in [-0.15, -0.1) is 0 Å². The Morgan fingerprint density at radius 2 is 1.78 bits per heavy atom. The number of nitrogens with zero attached hydrogens (tertiary/aromatic N) is 7. The molecule has 3 aliphatic rings. The summed E-state index contributed by atoms with van der Waals surface area (Å²) in [4.78, 5) is 30.2. The Morgan fingerprint density at radius 3 is 2.48 bits per heavy atom. The summed E-state index contributed by atoms with van der Waals surface area (Å²) in [5.74, 6) is 2.25. The molecule has 46 heavy (non-hydrogen) atoms. The van der Waals surface area contributed by atoms with Gasteiger partial charge >= 0.3 is 0 Å². The topological polar surface area (TPSA) is 139 Å². The summed E-state index contributed by atoms with van der Waals surface area (Å²) < 4.78 is 9.64. The Bertz CT molecular complexity index is 1870. The van der Waals surface area contributed by atoms with Crippen LogP contribution in [0.25, 0.3) is 22.5 Å². The van der Waals surface area contributed by atoms with E-state index >= 15 is 0 Å². The monoisotopic (exact) mass is 623 g/mol. The van der Waals surface area contributed by atoms with E-state index < -0.39 is 0 Å². The second-order valence-corrected chi connectivity index (χ2v) is 12.8. The van der Waals surface area contributed by atoms with Crippen molar-refractivity contribution in [3.05, 3.63) is 76.5 Å². The number of hydrogen-bond donors (Lipinski definition) is 3. The van der Waals surface area contributed by atoms with Crippen LogP contribution in [0.3, 0.4) is 0 Å². The highest BCUT2D eigenvalue weighted by molar-refractivity contribution is 5.79. The molecule has 3 saturated heterocycles. The maximum absolute atomic E-state index is 13.2. The predicted octanol–water partition coefficient (Wildman–Crippen LogP) is 5.26. The van der Waals surface area contributed by atoms with Crippen LogP contribution in [0.2, 0.25) is 0 Å². The molecule has 4 aromatic heterocycles. The fourth-order valence-corrected chi connectivity index (χ4v) is 6.92. The molecule has 3 N–H and O–H groups in total. The molecule has 5 aromatic rings. The zero-order chi connectivity index (χ0) is 31.8. The molecule has 3 aliphatic heterocycles. The summed E-state index contributed by atoms with van der Waals surface area (Å²) >= 11 is 0. The average Bonchev–Trinajstić information content (AvgIpc) is 3.69. The molecule has 0 unspecified atom stereocenters. The lowest BCUT2D eigenvalue weighted by Gasteiger charge is -2.46. The molecule has 240 valence electrons. The average molecular weight is 624 g/mol. The summed E-state index contributed by atoms with van der Waals surface area (Å²) in [6.07, 6.45) is 5.68. The number of hydrogen-bond acceptors (Lipinski definition) is 10. The molecule has 0 amide bonds. The predicted molar refractivity (Wildman–Crippen MR) is 177 cm³/mol. The number of benzene rings is 1. The van der Waals surface area contributed by atoms with Crippen molar-refractivity contribution >= 4 is 28.4 Å². The van der Waals surface area contributed by atoms with E-state index in [-0.39, 0.29) is 29.7 Å². The Balaban J connectivity index is 1.25. The standard InChI is InChI=1S/C34H41N9O3/c1-4-15-42-30-24(32(45)43(42)22(2)3)10-11-28(38-30)37-29-19-26(36-27(21-44)23-8-6-5-7-9-23)25(20-35-29)31-39-33(40-46-31)34-12-16-41(17-13-34)18-14-34/h5-11,19-20,22,27,44H,4,12-18,21H2,1-3H3,(H2,35,36,37,38)/t27-/m1/s1. The van der Waals surface area contributed by atoms with E-state index in [4.69, 9.17) is 19.5 Å². The second-order valence-electron chi connectivity index (χ2n) is 12.8. The van der Waals surface area contributed by atoms with E-state index in [2.05, 4.69) is 27.6 Å². The molecule has 1 atom stereocenters. The largest absolute Gasteiger partial charge is 0.394 e. The quantitative estimate of drug-likeness (QED) is 0.179. The van der Waals surface area contributed by atoms with Crippen LogP contribution < -0.4 is 16.2 Å². The third-order valence-corrected chi connectivity index (χ3v) is 9.47. The van der Waals surface area contributed by atoms with E-state index in [1.165, 1.54) is 0 Å². The molecule has 8 rings (SSSR count). The van der Waals surface area contributed by atoms with E-state index in [0.29, 0.717) is 46.4 Å². The number of anilines is 3. The van der Waals surface area contributed by atoms with Gasteiger partial charge in [0.05, 0.1) is 29.3 Å². The summed E-state index contributed by atoms with van der Waals surface area (Å²) in [7, 11) is 0. The number of aryl methyl sites for hydroxylation is 1. The van der Waals surface area contributed by atoms with Crippen LogP contribution in [0.15, 0.2) is 64.0 Å². The first kappa shape index (κ1) is 30.1. The van der Waals surface area contributed by atoms with Gasteiger partial charge in [0.25, 0.3) is 11.4 Å². The van der Waals surface area contributed by atoms with Crippen LogP contribution >= 0.6 is 0 Å². The summed E-state index contributed by atoms with van der Waals surface area (Å²) in [6.45, 7) is 9.83. The molecule has 1 aromatic carbocycles. The minimum atomic E-state index is -0.382. The lowest BCUT2D eigenvalue weighted by atomic mass is 9.71. The summed E-state index contributed by atoms with van der Waals surface area (Å²) in [5.41, 5.74) is 2.82. The molecule has 0 saturated carbocycles. The Morgan fingerprint density at radius 1 is 1.02 bits per heavy atom. The van der Waals surface area contributed by atoms with E-state index in [0.717, 1.165) is 56.7 Å². The zero-order valence-electron chi connectivity index (χ0n) is 26.6. The lowest BCUT2D eigenvalue weighted by molar-refractivity contribution is 0.0747. The lowest BCUT2D eigenvalue weighted by Crippen LogP contribution is -2.51. The van der Waals surface area contributed by atoms with Gasteiger partial charge in [0.15, 0.2) is 11.5 Å². The van der Waals surface area contributed by atoms with Crippen LogP contribution in [0.1, 0.15) is 69.9 Å². The third-order valence-electron chi connectivity index (χ3n) is 9.47. The van der Waals surface area contributed by atoms with E-state index in [9.17, 15) is 9.90 Å². The van der Waals surface area contributed by atoms with Crippen molar-refractivity contribution in [3.63, 3.8) is 0 Å². The molecule has 7 heterocycles. The molecule has 3 fully saturated rings. The SMILES string of the molecule is CCCn1c2nc(Nc3cc(N[C@H](CO)c4ccccc4)c(-c4nc(C56CCN(CC5)CC6)no4)cn3)ccc2c(=O)n1C(C)C. The van der Waals surface area contributed by atoms with Gasteiger partial charge in [-0.1, -0.05) is 42.4 Å². The number of aliphatic hydroxyl groups excluding tert-OH is 1. The Kier molecular flexibility index (Phi) is 8.07. The fourth-order valence-electron chi connectivity index (χ4n) is 6.92. The van der Waals surface area contributed by atoms with Gasteiger partial charge in [0.1, 0.15) is 11.6 Å². The Hall–Kier alpha value is -4.55. The first-order chi connectivity index (χ1) is 22.4. The number of fused-ring (bicyclic) bond motifs is 4. The van der Waals surface area contributed by atoms with Crippen molar-refractivity contribution in [2.75, 3.05) is 36.9 Å². The van der Waals surface area contributed by atoms with Crippen LogP contribution in [-0.2, 0) is 12.0 Å². The van der Waals surface area contributed by atoms with E-state index in [1.807, 2.05) is 61.0 Å².